The number of hydrogen-bond acceptors (Lipinski definition) is 5. The minimum Gasteiger partial charge on any atom is -0.363 e. The number of carbonyl (C=O) groups excluding carboxylic acids is 5. The monoisotopic (exact) mass is 474 g/mol. The van der Waals surface area contributed by atoms with Gasteiger partial charge >= 0.3 is 0 Å². The number of nitrogens with one attached hydrogen (secondary N) is 2. The number of nitrogens with two attached hydrogens (primary N) is 1. The van der Waals surface area contributed by atoms with Crippen LogP contribution in [0.25, 0.3) is 0 Å². The summed E-state index contributed by atoms with van der Waals surface area (Å²) in [5.74, 6) is -2.37. The van der Waals surface area contributed by atoms with Gasteiger partial charge in [0, 0.05) is 12.5 Å². The molecule has 5 atom stereocenters. The Kier molecular flexibility index (Phi) is 6.50. The zero-order chi connectivity index (χ0) is 24.9. The summed E-state index contributed by atoms with van der Waals surface area (Å²) in [6, 6.07) is -2.33. The number of ketones is 1. The number of fused-ring (bicyclic) bond motifs is 1. The van der Waals surface area contributed by atoms with Crippen molar-refractivity contribution < 1.29 is 24.0 Å². The number of Topliss-reactive ketones (excluding diaryl/α,β-unsaturated/α-hetero) is 1. The summed E-state index contributed by atoms with van der Waals surface area (Å²) < 4.78 is 0. The van der Waals surface area contributed by atoms with Gasteiger partial charge in [-0.05, 0) is 48.3 Å². The SMILES string of the molecule is CC(C)C(=O)NC(C(=O)N1C[C@H]2[C@@H]([C@H]1C(=O)NC(CC1CC1)C(=O)C(N)=O)C2(C)C)C1CCC1. The van der Waals surface area contributed by atoms with Gasteiger partial charge in [0.1, 0.15) is 12.1 Å². The zero-order valence-corrected chi connectivity index (χ0v) is 20.6. The van der Waals surface area contributed by atoms with Crippen molar-refractivity contribution >= 4 is 29.4 Å². The minimum absolute atomic E-state index is 0.0236. The van der Waals surface area contributed by atoms with Gasteiger partial charge in [0.15, 0.2) is 0 Å². The van der Waals surface area contributed by atoms with E-state index < -0.39 is 35.7 Å². The predicted octanol–water partition coefficient (Wildman–Crippen LogP) is 0.750. The van der Waals surface area contributed by atoms with Crippen LogP contribution in [-0.2, 0) is 24.0 Å². The fourth-order valence-electron chi connectivity index (χ4n) is 5.81. The molecule has 1 aliphatic heterocycles. The molecule has 4 rings (SSSR count). The van der Waals surface area contributed by atoms with Gasteiger partial charge in [-0.2, -0.15) is 0 Å². The molecule has 1 heterocycles. The summed E-state index contributed by atoms with van der Waals surface area (Å²) in [4.78, 5) is 65.3. The van der Waals surface area contributed by atoms with Crippen LogP contribution in [0.4, 0.5) is 0 Å². The number of hydrogen-bond donors (Lipinski definition) is 3. The second kappa shape index (κ2) is 8.96. The lowest BCUT2D eigenvalue weighted by Crippen LogP contribution is -2.60. The van der Waals surface area contributed by atoms with Crippen LogP contribution < -0.4 is 16.4 Å². The standard InChI is InChI=1S/C25H38N4O5/c1-12(2)22(32)28-18(14-6-5-7-14)24(34)29-11-15-17(25(15,3)4)19(29)23(33)27-16(10-13-8-9-13)20(30)21(26)31/h12-19H,5-11H2,1-4H3,(H2,26,31)(H,27,33)(H,28,32)/t15-,16?,17-,18?,19-/m0/s1. The number of nitrogens with zero attached hydrogens (tertiary/aromatic N) is 1. The number of rotatable bonds is 10. The molecule has 4 amide bonds. The Morgan fingerprint density at radius 3 is 2.18 bits per heavy atom. The molecule has 4 fully saturated rings. The van der Waals surface area contributed by atoms with Crippen LogP contribution in [0.2, 0.25) is 0 Å². The molecule has 9 heteroatoms. The molecule has 0 aromatic rings. The van der Waals surface area contributed by atoms with E-state index >= 15 is 0 Å². The van der Waals surface area contributed by atoms with Crippen molar-refractivity contribution in [2.75, 3.05) is 6.54 Å². The number of likely N-dealkylation sites (tertiary alicyclic amines) is 1. The number of carbonyl (C=O) groups is 5. The normalized spacial score (nSPS) is 29.0. The zero-order valence-electron chi connectivity index (χ0n) is 20.6. The number of amides is 4. The summed E-state index contributed by atoms with van der Waals surface area (Å²) in [6.45, 7) is 8.20. The van der Waals surface area contributed by atoms with E-state index in [0.717, 1.165) is 32.1 Å². The molecular formula is C25H38N4O5. The van der Waals surface area contributed by atoms with Crippen LogP contribution in [0.3, 0.4) is 0 Å². The van der Waals surface area contributed by atoms with Gasteiger partial charge in [-0.3, -0.25) is 24.0 Å². The highest BCUT2D eigenvalue weighted by Gasteiger charge is 2.69. The van der Waals surface area contributed by atoms with Gasteiger partial charge in [0.05, 0.1) is 6.04 Å². The van der Waals surface area contributed by atoms with Crippen molar-refractivity contribution in [3.8, 4) is 0 Å². The molecule has 3 saturated carbocycles. The smallest absolute Gasteiger partial charge is 0.287 e. The Balaban J connectivity index is 1.54. The number of primary amides is 1. The van der Waals surface area contributed by atoms with E-state index in [1.807, 2.05) is 0 Å². The second-order valence-electron chi connectivity index (χ2n) is 11.7. The quantitative estimate of drug-likeness (QED) is 0.401. The van der Waals surface area contributed by atoms with E-state index in [2.05, 4.69) is 24.5 Å². The first-order valence-electron chi connectivity index (χ1n) is 12.7. The summed E-state index contributed by atoms with van der Waals surface area (Å²) in [5.41, 5.74) is 5.15. The molecule has 0 radical (unpaired) electrons. The second-order valence-corrected chi connectivity index (χ2v) is 11.7. The molecule has 9 nitrogen and oxygen atoms in total. The Labute approximate surface area is 200 Å². The molecular weight excluding hydrogens is 436 g/mol. The highest BCUT2D eigenvalue weighted by atomic mass is 16.2. The van der Waals surface area contributed by atoms with Crippen LogP contribution >= 0.6 is 0 Å². The molecule has 0 aromatic heterocycles. The van der Waals surface area contributed by atoms with Gasteiger partial charge in [-0.1, -0.05) is 47.0 Å². The Morgan fingerprint density at radius 1 is 1.03 bits per heavy atom. The maximum Gasteiger partial charge on any atom is 0.287 e. The third kappa shape index (κ3) is 4.58. The molecule has 188 valence electrons. The topological polar surface area (TPSA) is 139 Å². The van der Waals surface area contributed by atoms with Gasteiger partial charge in [0.2, 0.25) is 23.5 Å². The Bertz CT molecular complexity index is 892. The van der Waals surface area contributed by atoms with E-state index in [1.165, 1.54) is 0 Å². The molecule has 2 unspecified atom stereocenters. The van der Waals surface area contributed by atoms with Crippen LogP contribution in [0.5, 0.6) is 0 Å². The molecule has 4 aliphatic rings. The van der Waals surface area contributed by atoms with Crippen LogP contribution in [0.15, 0.2) is 0 Å². The predicted molar refractivity (Wildman–Crippen MR) is 124 cm³/mol. The van der Waals surface area contributed by atoms with E-state index in [0.29, 0.717) is 18.9 Å². The lowest BCUT2D eigenvalue weighted by atomic mass is 9.78. The van der Waals surface area contributed by atoms with Gasteiger partial charge in [-0.25, -0.2) is 0 Å². The molecule has 34 heavy (non-hydrogen) atoms. The lowest BCUT2D eigenvalue weighted by molar-refractivity contribution is -0.146. The first-order chi connectivity index (χ1) is 15.9. The van der Waals surface area contributed by atoms with Crippen LogP contribution in [-0.4, -0.2) is 59.0 Å². The molecule has 0 bridgehead atoms. The molecule has 0 spiro atoms. The van der Waals surface area contributed by atoms with Crippen molar-refractivity contribution in [1.82, 2.24) is 15.5 Å². The van der Waals surface area contributed by atoms with E-state index in [-0.39, 0.29) is 40.9 Å². The van der Waals surface area contributed by atoms with Crippen molar-refractivity contribution in [3.05, 3.63) is 0 Å². The fraction of sp³-hybridized carbons (Fsp3) is 0.800. The van der Waals surface area contributed by atoms with E-state index in [4.69, 9.17) is 5.73 Å². The Morgan fingerprint density at radius 2 is 1.68 bits per heavy atom. The maximum absolute atomic E-state index is 13.7. The summed E-state index contributed by atoms with van der Waals surface area (Å²) in [7, 11) is 0. The van der Waals surface area contributed by atoms with Gasteiger partial charge < -0.3 is 21.3 Å². The van der Waals surface area contributed by atoms with Gasteiger partial charge in [-0.15, -0.1) is 0 Å². The lowest BCUT2D eigenvalue weighted by Gasteiger charge is -2.39. The van der Waals surface area contributed by atoms with E-state index in [9.17, 15) is 24.0 Å². The largest absolute Gasteiger partial charge is 0.363 e. The Hall–Kier alpha value is -2.45. The summed E-state index contributed by atoms with van der Waals surface area (Å²) >= 11 is 0. The number of piperidine rings is 1. The highest BCUT2D eigenvalue weighted by Crippen LogP contribution is 2.65. The third-order valence-corrected chi connectivity index (χ3v) is 8.61. The highest BCUT2D eigenvalue weighted by molar-refractivity contribution is 6.37. The maximum atomic E-state index is 13.7. The molecule has 0 aromatic carbocycles. The molecule has 1 saturated heterocycles. The van der Waals surface area contributed by atoms with Crippen molar-refractivity contribution in [2.45, 2.75) is 84.3 Å². The summed E-state index contributed by atoms with van der Waals surface area (Å²) in [6.07, 6.45) is 5.07. The third-order valence-electron chi connectivity index (χ3n) is 8.61. The van der Waals surface area contributed by atoms with Gasteiger partial charge in [0.25, 0.3) is 5.91 Å². The average Bonchev–Trinajstić information content (AvgIpc) is 3.57. The molecule has 4 N–H and O–H groups in total. The van der Waals surface area contributed by atoms with Crippen LogP contribution in [0, 0.1) is 35.0 Å². The first kappa shape index (κ1) is 24.7. The minimum atomic E-state index is -1.06. The van der Waals surface area contributed by atoms with Crippen molar-refractivity contribution in [3.63, 3.8) is 0 Å². The fourth-order valence-corrected chi connectivity index (χ4v) is 5.81. The van der Waals surface area contributed by atoms with E-state index in [1.54, 1.807) is 18.7 Å². The summed E-state index contributed by atoms with van der Waals surface area (Å²) in [5, 5.41) is 5.71. The average molecular weight is 475 g/mol. The first-order valence-corrected chi connectivity index (χ1v) is 12.7. The van der Waals surface area contributed by atoms with Crippen LogP contribution in [0.1, 0.15) is 66.2 Å². The van der Waals surface area contributed by atoms with Crippen molar-refractivity contribution in [2.24, 2.45) is 40.7 Å². The molecule has 3 aliphatic carbocycles. The van der Waals surface area contributed by atoms with Crippen molar-refractivity contribution in [1.29, 1.82) is 0 Å².